The van der Waals surface area contributed by atoms with Gasteiger partial charge in [0.05, 0.1) is 12.8 Å². The van der Waals surface area contributed by atoms with Crippen LogP contribution in [0.5, 0.6) is 0 Å². The number of aliphatic imine (C=N–C) groups is 1. The quantitative estimate of drug-likeness (QED) is 0.746. The summed E-state index contributed by atoms with van der Waals surface area (Å²) < 4.78 is 15.8. The Hall–Kier alpha value is -1.81. The van der Waals surface area contributed by atoms with Gasteiger partial charge in [-0.25, -0.2) is 0 Å². The molecule has 4 nitrogen and oxygen atoms in total. The molecule has 0 atom stereocenters. The highest BCUT2D eigenvalue weighted by Crippen LogP contribution is 2.09. The first-order valence-electron chi connectivity index (χ1n) is 5.40. The van der Waals surface area contributed by atoms with Gasteiger partial charge in [-0.05, 0) is 31.2 Å². The Balaban J connectivity index is 1.91. The van der Waals surface area contributed by atoms with E-state index in [1.807, 2.05) is 31.2 Å². The van der Waals surface area contributed by atoms with Crippen LogP contribution in [-0.4, -0.2) is 13.3 Å². The molecule has 0 radical (unpaired) electrons. The number of aryl methyl sites for hydroxylation is 1. The van der Waals surface area contributed by atoms with Crippen molar-refractivity contribution < 1.29 is 13.6 Å². The lowest BCUT2D eigenvalue weighted by molar-refractivity contribution is 0.164. The van der Waals surface area contributed by atoms with E-state index < -0.39 is 0 Å². The molecular formula is C13H15NO3. The molecule has 0 aliphatic carbocycles. The second kappa shape index (κ2) is 5.50. The fraction of sp³-hybridized carbons (Fsp3) is 0.308. The lowest BCUT2D eigenvalue weighted by atomic mass is 10.4. The summed E-state index contributed by atoms with van der Waals surface area (Å²) >= 11 is 0. The number of hydrogen-bond acceptors (Lipinski definition) is 4. The highest BCUT2D eigenvalue weighted by molar-refractivity contribution is 5.75. The predicted molar refractivity (Wildman–Crippen MR) is 64.2 cm³/mol. The zero-order valence-electron chi connectivity index (χ0n) is 9.97. The van der Waals surface area contributed by atoms with Gasteiger partial charge in [-0.3, -0.25) is 4.99 Å². The molecule has 2 aromatic rings. The van der Waals surface area contributed by atoms with E-state index in [9.17, 15) is 0 Å². The van der Waals surface area contributed by atoms with Crippen molar-refractivity contribution in [3.8, 4) is 0 Å². The molecule has 0 unspecified atom stereocenters. The molecule has 17 heavy (non-hydrogen) atoms. The van der Waals surface area contributed by atoms with E-state index in [-0.39, 0.29) is 0 Å². The first kappa shape index (κ1) is 11.7. The lowest BCUT2D eigenvalue weighted by Crippen LogP contribution is -1.83. The summed E-state index contributed by atoms with van der Waals surface area (Å²) in [5.41, 5.74) is 0. The van der Waals surface area contributed by atoms with Crippen LogP contribution >= 0.6 is 0 Å². The van der Waals surface area contributed by atoms with Gasteiger partial charge >= 0.3 is 0 Å². The normalized spacial score (nSPS) is 11.4. The maximum atomic E-state index is 5.46. The Kier molecular flexibility index (Phi) is 3.77. The second-order valence-electron chi connectivity index (χ2n) is 3.72. The molecule has 0 spiro atoms. The van der Waals surface area contributed by atoms with E-state index in [0.717, 1.165) is 23.0 Å². The fourth-order valence-corrected chi connectivity index (χ4v) is 1.48. The summed E-state index contributed by atoms with van der Waals surface area (Å²) in [5.74, 6) is 3.26. The van der Waals surface area contributed by atoms with E-state index in [0.29, 0.717) is 13.2 Å². The van der Waals surface area contributed by atoms with Crippen molar-refractivity contribution in [2.75, 3.05) is 7.11 Å². The fourth-order valence-electron chi connectivity index (χ4n) is 1.48. The van der Waals surface area contributed by atoms with Crippen molar-refractivity contribution in [2.45, 2.75) is 20.1 Å². The Morgan fingerprint density at radius 2 is 2.00 bits per heavy atom. The first-order valence-corrected chi connectivity index (χ1v) is 5.40. The SMILES string of the molecule is COCc1ccc(C=NCc2ccc(C)o2)o1. The van der Waals surface area contributed by atoms with Gasteiger partial charge in [0.1, 0.15) is 29.6 Å². The minimum absolute atomic E-state index is 0.477. The van der Waals surface area contributed by atoms with Crippen LogP contribution in [0.1, 0.15) is 23.0 Å². The number of rotatable bonds is 5. The molecule has 0 bridgehead atoms. The zero-order chi connectivity index (χ0) is 12.1. The number of hydrogen-bond donors (Lipinski definition) is 0. The number of furan rings is 2. The number of methoxy groups -OCH3 is 1. The van der Waals surface area contributed by atoms with Crippen molar-refractivity contribution in [1.82, 2.24) is 0 Å². The van der Waals surface area contributed by atoms with Crippen LogP contribution in [0.4, 0.5) is 0 Å². The predicted octanol–water partition coefficient (Wildman–Crippen LogP) is 2.95. The largest absolute Gasteiger partial charge is 0.464 e. The topological polar surface area (TPSA) is 47.9 Å². The van der Waals surface area contributed by atoms with Crippen molar-refractivity contribution in [3.05, 3.63) is 47.3 Å². The lowest BCUT2D eigenvalue weighted by Gasteiger charge is -1.91. The standard InChI is InChI=1S/C13H15NO3/c1-10-3-4-11(16-10)7-14-8-12-5-6-13(17-12)9-15-2/h3-6,8H,7,9H2,1-2H3. The molecule has 2 aromatic heterocycles. The van der Waals surface area contributed by atoms with E-state index in [1.54, 1.807) is 13.3 Å². The third-order valence-electron chi connectivity index (χ3n) is 2.23. The zero-order valence-corrected chi connectivity index (χ0v) is 9.97. The smallest absolute Gasteiger partial charge is 0.144 e. The number of nitrogens with zero attached hydrogens (tertiary/aromatic N) is 1. The monoisotopic (exact) mass is 233 g/mol. The van der Waals surface area contributed by atoms with Crippen molar-refractivity contribution in [2.24, 2.45) is 4.99 Å². The molecule has 0 amide bonds. The van der Waals surface area contributed by atoms with Crippen molar-refractivity contribution in [3.63, 3.8) is 0 Å². The van der Waals surface area contributed by atoms with Gasteiger partial charge in [-0.1, -0.05) is 0 Å². The van der Waals surface area contributed by atoms with Crippen LogP contribution in [0.25, 0.3) is 0 Å². The number of ether oxygens (including phenoxy) is 1. The molecule has 90 valence electrons. The first-order chi connectivity index (χ1) is 8.28. The van der Waals surface area contributed by atoms with Gasteiger partial charge < -0.3 is 13.6 Å². The summed E-state index contributed by atoms with van der Waals surface area (Å²) in [6, 6.07) is 7.59. The molecular weight excluding hydrogens is 218 g/mol. The molecule has 0 fully saturated rings. The van der Waals surface area contributed by atoms with Gasteiger partial charge in [0.25, 0.3) is 0 Å². The second-order valence-corrected chi connectivity index (χ2v) is 3.72. The van der Waals surface area contributed by atoms with Crippen molar-refractivity contribution >= 4 is 6.21 Å². The summed E-state index contributed by atoms with van der Waals surface area (Å²) in [4.78, 5) is 4.25. The minimum Gasteiger partial charge on any atom is -0.464 e. The van der Waals surface area contributed by atoms with E-state index in [2.05, 4.69) is 4.99 Å². The molecule has 0 aliphatic heterocycles. The Labute approximate surface area is 99.9 Å². The maximum absolute atomic E-state index is 5.46. The van der Waals surface area contributed by atoms with E-state index in [4.69, 9.17) is 13.6 Å². The van der Waals surface area contributed by atoms with E-state index >= 15 is 0 Å². The molecule has 2 rings (SSSR count). The van der Waals surface area contributed by atoms with Gasteiger partial charge in [0, 0.05) is 7.11 Å². The molecule has 0 saturated heterocycles. The maximum Gasteiger partial charge on any atom is 0.144 e. The van der Waals surface area contributed by atoms with Gasteiger partial charge in [0.15, 0.2) is 0 Å². The van der Waals surface area contributed by atoms with Crippen LogP contribution in [0.15, 0.2) is 38.1 Å². The van der Waals surface area contributed by atoms with E-state index in [1.165, 1.54) is 0 Å². The third kappa shape index (κ3) is 3.32. The third-order valence-corrected chi connectivity index (χ3v) is 2.23. The highest BCUT2D eigenvalue weighted by atomic mass is 16.5. The van der Waals surface area contributed by atoms with Gasteiger partial charge in [0.2, 0.25) is 0 Å². The summed E-state index contributed by atoms with van der Waals surface area (Å²) in [6.07, 6.45) is 1.69. The molecule has 2 heterocycles. The van der Waals surface area contributed by atoms with Crippen LogP contribution in [0, 0.1) is 6.92 Å². The summed E-state index contributed by atoms with van der Waals surface area (Å²) in [7, 11) is 1.63. The van der Waals surface area contributed by atoms with Crippen LogP contribution in [-0.2, 0) is 17.9 Å². The summed E-state index contributed by atoms with van der Waals surface area (Å²) in [5, 5.41) is 0. The molecule has 0 aromatic carbocycles. The average molecular weight is 233 g/mol. The molecule has 0 aliphatic rings. The van der Waals surface area contributed by atoms with Crippen molar-refractivity contribution in [1.29, 1.82) is 0 Å². The molecule has 0 N–H and O–H groups in total. The Morgan fingerprint density at radius 1 is 1.18 bits per heavy atom. The molecule has 4 heteroatoms. The van der Waals surface area contributed by atoms with Gasteiger partial charge in [-0.15, -0.1) is 0 Å². The van der Waals surface area contributed by atoms with Crippen LogP contribution in [0.3, 0.4) is 0 Å². The van der Waals surface area contributed by atoms with Crippen LogP contribution in [0.2, 0.25) is 0 Å². The van der Waals surface area contributed by atoms with Gasteiger partial charge in [-0.2, -0.15) is 0 Å². The minimum atomic E-state index is 0.477. The average Bonchev–Trinajstić information content (AvgIpc) is 2.89. The van der Waals surface area contributed by atoms with Crippen LogP contribution < -0.4 is 0 Å². The Morgan fingerprint density at radius 3 is 2.71 bits per heavy atom. The Bertz CT molecular complexity index is 496. The summed E-state index contributed by atoms with van der Waals surface area (Å²) in [6.45, 7) is 2.91. The highest BCUT2D eigenvalue weighted by Gasteiger charge is 1.99. The molecule has 0 saturated carbocycles.